The monoisotopic (exact) mass is 421 g/mol. The Labute approximate surface area is 181 Å². The second kappa shape index (κ2) is 9.14. The van der Waals surface area contributed by atoms with E-state index >= 15 is 0 Å². The molecule has 1 N–H and O–H groups in total. The first-order valence-corrected chi connectivity index (χ1v) is 10.0. The Bertz CT molecular complexity index is 1040. The zero-order valence-corrected chi connectivity index (χ0v) is 18.0. The van der Waals surface area contributed by atoms with Gasteiger partial charge in [0.25, 0.3) is 5.91 Å². The first-order chi connectivity index (χ1) is 14.2. The van der Waals surface area contributed by atoms with E-state index in [0.29, 0.717) is 27.6 Å². The SMILES string of the molecule is CC(C)(C)c1ccc(C(=O)c2cccc(NC(=O)COc3ccc(Cl)cc3)c2)cc1. The number of halogens is 1. The topological polar surface area (TPSA) is 55.4 Å². The van der Waals surface area contributed by atoms with Crippen LogP contribution in [0.3, 0.4) is 0 Å². The van der Waals surface area contributed by atoms with Crippen LogP contribution in [0.4, 0.5) is 5.69 Å². The highest BCUT2D eigenvalue weighted by atomic mass is 35.5. The quantitative estimate of drug-likeness (QED) is 0.505. The first-order valence-electron chi connectivity index (χ1n) is 9.66. The van der Waals surface area contributed by atoms with Crippen LogP contribution in [0.2, 0.25) is 5.02 Å². The number of ether oxygens (including phenoxy) is 1. The fourth-order valence-electron chi connectivity index (χ4n) is 2.90. The van der Waals surface area contributed by atoms with Gasteiger partial charge >= 0.3 is 0 Å². The Kier molecular flexibility index (Phi) is 6.58. The standard InChI is InChI=1S/C25H24ClNO3/c1-25(2,3)19-9-7-17(8-10-19)24(29)18-5-4-6-21(15-18)27-23(28)16-30-22-13-11-20(26)12-14-22/h4-15H,16H2,1-3H3,(H,27,28). The van der Waals surface area contributed by atoms with Crippen LogP contribution >= 0.6 is 11.6 Å². The molecule has 0 saturated carbocycles. The summed E-state index contributed by atoms with van der Waals surface area (Å²) in [5.74, 6) is 0.144. The maximum atomic E-state index is 12.8. The van der Waals surface area contributed by atoms with Crippen molar-refractivity contribution in [2.75, 3.05) is 11.9 Å². The van der Waals surface area contributed by atoms with Crippen molar-refractivity contribution in [3.63, 3.8) is 0 Å². The Morgan fingerprint density at radius 2 is 1.57 bits per heavy atom. The molecule has 0 saturated heterocycles. The molecule has 0 aliphatic rings. The summed E-state index contributed by atoms with van der Waals surface area (Å²) in [5, 5.41) is 3.36. The van der Waals surface area contributed by atoms with Crippen LogP contribution in [0.15, 0.2) is 72.8 Å². The van der Waals surface area contributed by atoms with E-state index in [1.807, 2.05) is 24.3 Å². The van der Waals surface area contributed by atoms with E-state index in [9.17, 15) is 9.59 Å². The van der Waals surface area contributed by atoms with E-state index in [-0.39, 0.29) is 23.7 Å². The number of benzene rings is 3. The third-order valence-electron chi connectivity index (χ3n) is 4.61. The van der Waals surface area contributed by atoms with Crippen molar-refractivity contribution in [2.24, 2.45) is 0 Å². The van der Waals surface area contributed by atoms with Crippen LogP contribution in [-0.4, -0.2) is 18.3 Å². The molecule has 0 aromatic heterocycles. The molecule has 0 spiro atoms. The molecule has 1 amide bonds. The molecule has 4 nitrogen and oxygen atoms in total. The van der Waals surface area contributed by atoms with Gasteiger partial charge < -0.3 is 10.1 Å². The van der Waals surface area contributed by atoms with Crippen LogP contribution in [0.1, 0.15) is 42.3 Å². The molecule has 5 heteroatoms. The van der Waals surface area contributed by atoms with Crippen molar-refractivity contribution in [2.45, 2.75) is 26.2 Å². The largest absolute Gasteiger partial charge is 0.484 e. The molecule has 0 heterocycles. The van der Waals surface area contributed by atoms with Crippen LogP contribution in [0, 0.1) is 0 Å². The molecule has 3 rings (SSSR count). The van der Waals surface area contributed by atoms with Crippen LogP contribution in [0.25, 0.3) is 0 Å². The maximum Gasteiger partial charge on any atom is 0.262 e. The summed E-state index contributed by atoms with van der Waals surface area (Å²) < 4.78 is 5.44. The molecule has 0 aliphatic heterocycles. The number of nitrogens with one attached hydrogen (secondary N) is 1. The summed E-state index contributed by atoms with van der Waals surface area (Å²) in [7, 11) is 0. The number of ketones is 1. The average molecular weight is 422 g/mol. The van der Waals surface area contributed by atoms with Crippen molar-refractivity contribution >= 4 is 29.0 Å². The molecule has 0 bridgehead atoms. The minimum Gasteiger partial charge on any atom is -0.484 e. The summed E-state index contributed by atoms with van der Waals surface area (Å²) in [5.41, 5.74) is 2.85. The molecule has 0 aliphatic carbocycles. The number of amides is 1. The third-order valence-corrected chi connectivity index (χ3v) is 4.86. The smallest absolute Gasteiger partial charge is 0.262 e. The zero-order chi connectivity index (χ0) is 21.7. The molecule has 0 fully saturated rings. The van der Waals surface area contributed by atoms with Crippen molar-refractivity contribution in [3.05, 3.63) is 94.5 Å². The van der Waals surface area contributed by atoms with Gasteiger partial charge in [0.2, 0.25) is 0 Å². The first kappa shape index (κ1) is 21.6. The van der Waals surface area contributed by atoms with Gasteiger partial charge in [0.1, 0.15) is 5.75 Å². The Morgan fingerprint density at radius 3 is 2.20 bits per heavy atom. The van der Waals surface area contributed by atoms with E-state index < -0.39 is 0 Å². The van der Waals surface area contributed by atoms with Gasteiger partial charge in [-0.2, -0.15) is 0 Å². The molecule has 3 aromatic carbocycles. The van der Waals surface area contributed by atoms with Gasteiger partial charge in [-0.3, -0.25) is 9.59 Å². The van der Waals surface area contributed by atoms with Gasteiger partial charge in [0.05, 0.1) is 0 Å². The lowest BCUT2D eigenvalue weighted by Crippen LogP contribution is -2.20. The Balaban J connectivity index is 1.64. The van der Waals surface area contributed by atoms with E-state index in [1.54, 1.807) is 48.5 Å². The van der Waals surface area contributed by atoms with Gasteiger partial charge in [-0.15, -0.1) is 0 Å². The minimum absolute atomic E-state index is 0.0276. The molecule has 0 unspecified atom stereocenters. The Hall–Kier alpha value is -3.11. The maximum absolute atomic E-state index is 12.8. The van der Waals surface area contributed by atoms with E-state index in [2.05, 4.69) is 26.1 Å². The Morgan fingerprint density at radius 1 is 0.900 bits per heavy atom. The lowest BCUT2D eigenvalue weighted by molar-refractivity contribution is -0.118. The molecule has 3 aromatic rings. The van der Waals surface area contributed by atoms with Crippen molar-refractivity contribution in [3.8, 4) is 5.75 Å². The van der Waals surface area contributed by atoms with Crippen LogP contribution < -0.4 is 10.1 Å². The predicted molar refractivity (Wildman–Crippen MR) is 121 cm³/mol. The average Bonchev–Trinajstić information content (AvgIpc) is 2.72. The van der Waals surface area contributed by atoms with Gasteiger partial charge in [0, 0.05) is 21.8 Å². The van der Waals surface area contributed by atoms with Gasteiger partial charge in [-0.1, -0.05) is 68.8 Å². The van der Waals surface area contributed by atoms with Gasteiger partial charge in [0.15, 0.2) is 12.4 Å². The summed E-state index contributed by atoms with van der Waals surface area (Å²) in [6, 6.07) is 21.3. The van der Waals surface area contributed by atoms with Gasteiger partial charge in [-0.05, 0) is 47.4 Å². The molecular formula is C25H24ClNO3. The number of hydrogen-bond acceptors (Lipinski definition) is 3. The third kappa shape index (κ3) is 5.71. The second-order valence-corrected chi connectivity index (χ2v) is 8.46. The van der Waals surface area contributed by atoms with E-state index in [4.69, 9.17) is 16.3 Å². The van der Waals surface area contributed by atoms with E-state index in [1.165, 1.54) is 5.56 Å². The number of rotatable bonds is 6. The fourth-order valence-corrected chi connectivity index (χ4v) is 3.03. The summed E-state index contributed by atoms with van der Waals surface area (Å²) >= 11 is 5.83. The highest BCUT2D eigenvalue weighted by Gasteiger charge is 2.15. The minimum atomic E-state index is -0.316. The lowest BCUT2D eigenvalue weighted by atomic mass is 9.86. The summed E-state index contributed by atoms with van der Waals surface area (Å²) in [6.07, 6.45) is 0. The summed E-state index contributed by atoms with van der Waals surface area (Å²) in [6.45, 7) is 6.25. The fraction of sp³-hybridized carbons (Fsp3) is 0.200. The number of carbonyl (C=O) groups is 2. The van der Waals surface area contributed by atoms with Crippen LogP contribution in [0.5, 0.6) is 5.75 Å². The van der Waals surface area contributed by atoms with Crippen molar-refractivity contribution < 1.29 is 14.3 Å². The zero-order valence-electron chi connectivity index (χ0n) is 17.2. The molecule has 30 heavy (non-hydrogen) atoms. The summed E-state index contributed by atoms with van der Waals surface area (Å²) in [4.78, 5) is 25.0. The highest BCUT2D eigenvalue weighted by molar-refractivity contribution is 6.30. The number of anilines is 1. The highest BCUT2D eigenvalue weighted by Crippen LogP contribution is 2.23. The lowest BCUT2D eigenvalue weighted by Gasteiger charge is -2.19. The van der Waals surface area contributed by atoms with Crippen molar-refractivity contribution in [1.82, 2.24) is 0 Å². The van der Waals surface area contributed by atoms with E-state index in [0.717, 1.165) is 0 Å². The molecule has 0 radical (unpaired) electrons. The molecule has 0 atom stereocenters. The van der Waals surface area contributed by atoms with Crippen LogP contribution in [-0.2, 0) is 10.2 Å². The molecule has 154 valence electrons. The van der Waals surface area contributed by atoms with Crippen molar-refractivity contribution in [1.29, 1.82) is 0 Å². The second-order valence-electron chi connectivity index (χ2n) is 8.03. The van der Waals surface area contributed by atoms with Gasteiger partial charge in [-0.25, -0.2) is 0 Å². The number of carbonyl (C=O) groups excluding carboxylic acids is 2. The normalized spacial score (nSPS) is 11.1. The predicted octanol–water partition coefficient (Wildman–Crippen LogP) is 5.89. The molecular weight excluding hydrogens is 398 g/mol. The number of hydrogen-bond donors (Lipinski definition) is 1.